The predicted molar refractivity (Wildman–Crippen MR) is 87.2 cm³/mol. The molecular formula is C15H15ClN2O3S. The number of ether oxygens (including phenoxy) is 1. The second-order valence-electron chi connectivity index (χ2n) is 5.32. The van der Waals surface area contributed by atoms with Gasteiger partial charge in [0.25, 0.3) is 5.91 Å². The molecule has 0 aromatic heterocycles. The van der Waals surface area contributed by atoms with Crippen molar-refractivity contribution in [2.45, 2.75) is 25.3 Å². The molecule has 1 unspecified atom stereocenters. The summed E-state index contributed by atoms with van der Waals surface area (Å²) in [5.74, 6) is -0.579. The smallest absolute Gasteiger partial charge is 0.339 e. The number of piperidine rings is 1. The van der Waals surface area contributed by atoms with Crippen LogP contribution in [0.15, 0.2) is 18.2 Å². The van der Waals surface area contributed by atoms with Gasteiger partial charge in [0.05, 0.1) is 23.4 Å². The molecule has 5 nitrogen and oxygen atoms in total. The number of hydrogen-bond donors (Lipinski definition) is 0. The second-order valence-corrected chi connectivity index (χ2v) is 6.09. The average Bonchev–Trinajstić information content (AvgIpc) is 2.79. The first-order valence-electron chi connectivity index (χ1n) is 7.07. The number of thiocarbonyl (C=S) groups is 1. The molecule has 3 rings (SSSR count). The largest absolute Gasteiger partial charge is 0.465 e. The van der Waals surface area contributed by atoms with Crippen molar-refractivity contribution in [3.05, 3.63) is 28.8 Å². The van der Waals surface area contributed by atoms with Crippen LogP contribution in [0.5, 0.6) is 0 Å². The minimum absolute atomic E-state index is 0.0390. The van der Waals surface area contributed by atoms with Crippen LogP contribution in [0.2, 0.25) is 5.02 Å². The van der Waals surface area contributed by atoms with Crippen molar-refractivity contribution in [2.24, 2.45) is 0 Å². The van der Waals surface area contributed by atoms with Gasteiger partial charge < -0.3 is 9.64 Å². The van der Waals surface area contributed by atoms with E-state index in [1.807, 2.05) is 4.90 Å². The molecule has 22 heavy (non-hydrogen) atoms. The number of fused-ring (bicyclic) bond motifs is 1. The third kappa shape index (κ3) is 2.36. The molecule has 2 aliphatic heterocycles. The maximum atomic E-state index is 12.6. The van der Waals surface area contributed by atoms with E-state index in [2.05, 4.69) is 0 Å². The Bertz CT molecular complexity index is 640. The van der Waals surface area contributed by atoms with Crippen LogP contribution in [-0.4, -0.2) is 41.6 Å². The zero-order valence-corrected chi connectivity index (χ0v) is 13.6. The van der Waals surface area contributed by atoms with E-state index in [0.717, 1.165) is 25.8 Å². The lowest BCUT2D eigenvalue weighted by atomic mass is 10.0. The summed E-state index contributed by atoms with van der Waals surface area (Å²) in [6.45, 7) is 0.795. The van der Waals surface area contributed by atoms with Gasteiger partial charge in [-0.25, -0.2) is 4.79 Å². The molecular weight excluding hydrogens is 324 g/mol. The van der Waals surface area contributed by atoms with Crippen LogP contribution >= 0.6 is 23.8 Å². The quantitative estimate of drug-likeness (QED) is 0.613. The van der Waals surface area contributed by atoms with Crippen LogP contribution in [0.4, 0.5) is 5.69 Å². The maximum absolute atomic E-state index is 12.6. The van der Waals surface area contributed by atoms with E-state index in [9.17, 15) is 9.59 Å². The van der Waals surface area contributed by atoms with Crippen LogP contribution in [0.1, 0.15) is 29.6 Å². The van der Waals surface area contributed by atoms with Gasteiger partial charge in [-0.05, 0) is 49.7 Å². The Morgan fingerprint density at radius 1 is 1.41 bits per heavy atom. The SMILES string of the molecule is COC(=O)c1cc(N2C(=O)C3CCCCN3C2=S)ccc1Cl. The first-order chi connectivity index (χ1) is 10.5. The topological polar surface area (TPSA) is 49.9 Å². The fourth-order valence-corrected chi connectivity index (χ4v) is 3.55. The van der Waals surface area contributed by atoms with Gasteiger partial charge in [-0.1, -0.05) is 11.6 Å². The number of nitrogens with zero attached hydrogens (tertiary/aromatic N) is 2. The van der Waals surface area contributed by atoms with Crippen molar-refractivity contribution in [1.82, 2.24) is 4.90 Å². The Kier molecular flexibility index (Phi) is 4.06. The van der Waals surface area contributed by atoms with Gasteiger partial charge in [0.15, 0.2) is 5.11 Å². The van der Waals surface area contributed by atoms with Gasteiger partial charge in [-0.3, -0.25) is 9.69 Å². The average molecular weight is 339 g/mol. The zero-order chi connectivity index (χ0) is 15.9. The molecule has 7 heteroatoms. The summed E-state index contributed by atoms with van der Waals surface area (Å²) in [7, 11) is 1.29. The monoisotopic (exact) mass is 338 g/mol. The van der Waals surface area contributed by atoms with E-state index in [1.54, 1.807) is 18.2 Å². The summed E-state index contributed by atoms with van der Waals surface area (Å²) < 4.78 is 4.71. The summed E-state index contributed by atoms with van der Waals surface area (Å²) in [4.78, 5) is 27.9. The zero-order valence-electron chi connectivity index (χ0n) is 12.0. The molecule has 1 amide bonds. The number of anilines is 1. The molecule has 2 aliphatic rings. The van der Waals surface area contributed by atoms with E-state index >= 15 is 0 Å². The highest BCUT2D eigenvalue weighted by Crippen LogP contribution is 2.32. The number of carbonyl (C=O) groups is 2. The molecule has 0 spiro atoms. The number of amides is 1. The minimum Gasteiger partial charge on any atom is -0.465 e. The molecule has 1 aromatic carbocycles. The van der Waals surface area contributed by atoms with E-state index in [1.165, 1.54) is 12.0 Å². The lowest BCUT2D eigenvalue weighted by molar-refractivity contribution is -0.120. The molecule has 2 heterocycles. The standard InChI is InChI=1S/C15H15ClN2O3S/c1-21-14(20)10-8-9(5-6-11(10)16)18-13(19)12-4-2-3-7-17(12)15(18)22/h5-6,8,12H,2-4,7H2,1H3. The van der Waals surface area contributed by atoms with E-state index in [0.29, 0.717) is 10.8 Å². The molecule has 0 bridgehead atoms. The van der Waals surface area contributed by atoms with E-state index < -0.39 is 5.97 Å². The summed E-state index contributed by atoms with van der Waals surface area (Å²) in [5.41, 5.74) is 0.774. The number of esters is 1. The Morgan fingerprint density at radius 3 is 2.86 bits per heavy atom. The van der Waals surface area contributed by atoms with Gasteiger partial charge in [-0.2, -0.15) is 0 Å². The Hall–Kier alpha value is -1.66. The molecule has 0 saturated carbocycles. The van der Waals surface area contributed by atoms with E-state index in [4.69, 9.17) is 28.6 Å². The first kappa shape index (κ1) is 15.2. The maximum Gasteiger partial charge on any atom is 0.339 e. The Labute approximate surface area is 138 Å². The van der Waals surface area contributed by atoms with Crippen molar-refractivity contribution in [3.8, 4) is 0 Å². The third-order valence-corrected chi connectivity index (χ3v) is 4.81. The molecule has 116 valence electrons. The minimum atomic E-state index is -0.540. The highest BCUT2D eigenvalue weighted by Gasteiger charge is 2.44. The second kappa shape index (κ2) is 5.85. The lowest BCUT2D eigenvalue weighted by Crippen LogP contribution is -2.38. The van der Waals surface area contributed by atoms with Crippen LogP contribution in [-0.2, 0) is 9.53 Å². The summed E-state index contributed by atoms with van der Waals surface area (Å²) >= 11 is 11.5. The van der Waals surface area contributed by atoms with Crippen LogP contribution in [0.25, 0.3) is 0 Å². The molecule has 0 radical (unpaired) electrons. The lowest BCUT2D eigenvalue weighted by Gasteiger charge is -2.27. The Balaban J connectivity index is 1.99. The molecule has 0 N–H and O–H groups in total. The number of rotatable bonds is 2. The van der Waals surface area contributed by atoms with Gasteiger partial charge in [0, 0.05) is 6.54 Å². The summed E-state index contributed by atoms with van der Waals surface area (Å²) in [6.07, 6.45) is 2.87. The normalized spacial score (nSPS) is 21.1. The van der Waals surface area contributed by atoms with Crippen molar-refractivity contribution < 1.29 is 14.3 Å². The number of benzene rings is 1. The van der Waals surface area contributed by atoms with Gasteiger partial charge >= 0.3 is 5.97 Å². The number of hydrogen-bond acceptors (Lipinski definition) is 4. The molecule has 2 fully saturated rings. The third-order valence-electron chi connectivity index (χ3n) is 4.06. The van der Waals surface area contributed by atoms with Crippen LogP contribution in [0, 0.1) is 0 Å². The van der Waals surface area contributed by atoms with Crippen molar-refractivity contribution in [1.29, 1.82) is 0 Å². The van der Waals surface area contributed by atoms with Gasteiger partial charge in [0.2, 0.25) is 0 Å². The number of carbonyl (C=O) groups excluding carboxylic acids is 2. The highest BCUT2D eigenvalue weighted by atomic mass is 35.5. The molecule has 1 atom stereocenters. The summed E-state index contributed by atoms with van der Waals surface area (Å²) in [6, 6.07) is 4.64. The first-order valence-corrected chi connectivity index (χ1v) is 7.85. The number of methoxy groups -OCH3 is 1. The number of halogens is 1. The van der Waals surface area contributed by atoms with Crippen molar-refractivity contribution in [2.75, 3.05) is 18.6 Å². The molecule has 1 aromatic rings. The highest BCUT2D eigenvalue weighted by molar-refractivity contribution is 7.80. The molecule has 2 saturated heterocycles. The fraction of sp³-hybridized carbons (Fsp3) is 0.400. The van der Waals surface area contributed by atoms with Gasteiger partial charge in [-0.15, -0.1) is 0 Å². The van der Waals surface area contributed by atoms with Crippen molar-refractivity contribution in [3.63, 3.8) is 0 Å². The fourth-order valence-electron chi connectivity index (χ4n) is 2.95. The van der Waals surface area contributed by atoms with E-state index in [-0.39, 0.29) is 22.5 Å². The Morgan fingerprint density at radius 2 is 2.18 bits per heavy atom. The summed E-state index contributed by atoms with van der Waals surface area (Å²) in [5, 5.41) is 0.777. The van der Waals surface area contributed by atoms with Crippen LogP contribution in [0.3, 0.4) is 0 Å². The van der Waals surface area contributed by atoms with Gasteiger partial charge in [0.1, 0.15) is 6.04 Å². The van der Waals surface area contributed by atoms with Crippen LogP contribution < -0.4 is 4.90 Å². The predicted octanol–water partition coefficient (Wildman–Crippen LogP) is 2.61. The molecule has 0 aliphatic carbocycles. The van der Waals surface area contributed by atoms with Crippen molar-refractivity contribution >= 4 is 46.5 Å².